The number of aromatic nitrogens is 2. The average molecular weight is 289 g/mol. The standard InChI is InChI=1S/C10H6F3N3O2S/c11-10(12,13)6-8(16-9(17)18)19-7(15-6)5-2-1-3-14-4-5/h1-4,16H,(H,17,18). The molecule has 0 bridgehead atoms. The van der Waals surface area contributed by atoms with Crippen LogP contribution < -0.4 is 5.32 Å². The van der Waals surface area contributed by atoms with E-state index in [0.717, 1.165) is 0 Å². The van der Waals surface area contributed by atoms with Crippen molar-refractivity contribution in [2.75, 3.05) is 5.32 Å². The number of amides is 1. The van der Waals surface area contributed by atoms with Crippen molar-refractivity contribution in [1.29, 1.82) is 0 Å². The van der Waals surface area contributed by atoms with Crippen molar-refractivity contribution in [1.82, 2.24) is 9.97 Å². The van der Waals surface area contributed by atoms with Gasteiger partial charge in [-0.25, -0.2) is 9.78 Å². The maximum atomic E-state index is 12.7. The van der Waals surface area contributed by atoms with Gasteiger partial charge in [0.25, 0.3) is 0 Å². The lowest BCUT2D eigenvalue weighted by Crippen LogP contribution is -2.13. The van der Waals surface area contributed by atoms with Gasteiger partial charge in [-0.05, 0) is 12.1 Å². The normalized spacial score (nSPS) is 11.3. The third-order valence-electron chi connectivity index (χ3n) is 2.02. The summed E-state index contributed by atoms with van der Waals surface area (Å²) in [6, 6.07) is 3.09. The summed E-state index contributed by atoms with van der Waals surface area (Å²) < 4.78 is 38.2. The lowest BCUT2D eigenvalue weighted by Gasteiger charge is -2.04. The second-order valence-electron chi connectivity index (χ2n) is 3.37. The summed E-state index contributed by atoms with van der Waals surface area (Å²) in [6.07, 6.45) is -3.48. The molecule has 2 N–H and O–H groups in total. The molecule has 0 fully saturated rings. The van der Waals surface area contributed by atoms with Crippen molar-refractivity contribution in [3.05, 3.63) is 30.2 Å². The van der Waals surface area contributed by atoms with Crippen molar-refractivity contribution in [2.24, 2.45) is 0 Å². The molecule has 100 valence electrons. The van der Waals surface area contributed by atoms with Gasteiger partial charge >= 0.3 is 12.3 Å². The molecule has 9 heteroatoms. The zero-order chi connectivity index (χ0) is 14.0. The van der Waals surface area contributed by atoms with Gasteiger partial charge in [0.05, 0.1) is 0 Å². The summed E-state index contributed by atoms with van der Waals surface area (Å²) >= 11 is 0.605. The number of alkyl halides is 3. The minimum atomic E-state index is -4.73. The Kier molecular flexibility index (Phi) is 3.38. The fourth-order valence-electron chi connectivity index (χ4n) is 1.31. The molecule has 0 radical (unpaired) electrons. The van der Waals surface area contributed by atoms with Crippen molar-refractivity contribution < 1.29 is 23.1 Å². The van der Waals surface area contributed by atoms with Gasteiger partial charge < -0.3 is 5.11 Å². The predicted molar refractivity (Wildman–Crippen MR) is 62.0 cm³/mol. The Morgan fingerprint density at radius 2 is 2.16 bits per heavy atom. The second-order valence-corrected chi connectivity index (χ2v) is 4.37. The fourth-order valence-corrected chi connectivity index (χ4v) is 2.27. The van der Waals surface area contributed by atoms with Crippen LogP contribution in [0.2, 0.25) is 0 Å². The first-order valence-corrected chi connectivity index (χ1v) is 5.68. The molecular weight excluding hydrogens is 283 g/mol. The molecule has 1 amide bonds. The van der Waals surface area contributed by atoms with Crippen LogP contribution in [-0.2, 0) is 6.18 Å². The van der Waals surface area contributed by atoms with Crippen LogP contribution in [0.5, 0.6) is 0 Å². The molecule has 0 spiro atoms. The van der Waals surface area contributed by atoms with E-state index < -0.39 is 23.0 Å². The monoisotopic (exact) mass is 289 g/mol. The van der Waals surface area contributed by atoms with E-state index in [2.05, 4.69) is 9.97 Å². The number of nitrogens with one attached hydrogen (secondary N) is 1. The highest BCUT2D eigenvalue weighted by atomic mass is 32.1. The molecule has 2 heterocycles. The number of halogens is 3. The topological polar surface area (TPSA) is 75.1 Å². The molecule has 0 atom stereocenters. The van der Waals surface area contributed by atoms with Crippen molar-refractivity contribution in [3.63, 3.8) is 0 Å². The fraction of sp³-hybridized carbons (Fsp3) is 0.100. The zero-order valence-electron chi connectivity index (χ0n) is 9.10. The number of thiazole rings is 1. The Bertz CT molecular complexity index is 598. The third kappa shape index (κ3) is 2.99. The van der Waals surface area contributed by atoms with Crippen LogP contribution in [-0.4, -0.2) is 21.2 Å². The summed E-state index contributed by atoms with van der Waals surface area (Å²) in [4.78, 5) is 17.7. The largest absolute Gasteiger partial charge is 0.465 e. The van der Waals surface area contributed by atoms with Gasteiger partial charge in [-0.2, -0.15) is 13.2 Å². The van der Waals surface area contributed by atoms with Crippen LogP contribution >= 0.6 is 11.3 Å². The van der Waals surface area contributed by atoms with Crippen LogP contribution in [0.15, 0.2) is 24.5 Å². The van der Waals surface area contributed by atoms with Gasteiger partial charge in [-0.1, -0.05) is 11.3 Å². The molecule has 0 saturated heterocycles. The number of carbonyl (C=O) groups is 1. The second kappa shape index (κ2) is 4.84. The van der Waals surface area contributed by atoms with Crippen LogP contribution in [0, 0.1) is 0 Å². The predicted octanol–water partition coefficient (Wildman–Crippen LogP) is 3.31. The number of hydrogen-bond acceptors (Lipinski definition) is 4. The van der Waals surface area contributed by atoms with E-state index in [0.29, 0.717) is 16.9 Å². The van der Waals surface area contributed by atoms with Crippen LogP contribution in [0.4, 0.5) is 23.0 Å². The Morgan fingerprint density at radius 1 is 1.42 bits per heavy atom. The molecule has 5 nitrogen and oxygen atoms in total. The van der Waals surface area contributed by atoms with Crippen LogP contribution in [0.3, 0.4) is 0 Å². The Morgan fingerprint density at radius 3 is 2.68 bits per heavy atom. The lowest BCUT2D eigenvalue weighted by molar-refractivity contribution is -0.140. The van der Waals surface area contributed by atoms with Crippen LogP contribution in [0.25, 0.3) is 10.6 Å². The number of anilines is 1. The first-order chi connectivity index (χ1) is 8.88. The van der Waals surface area contributed by atoms with E-state index in [-0.39, 0.29) is 5.01 Å². The van der Waals surface area contributed by atoms with Crippen molar-refractivity contribution in [3.8, 4) is 10.6 Å². The average Bonchev–Trinajstić information content (AvgIpc) is 2.73. The smallest absolute Gasteiger partial charge is 0.436 e. The SMILES string of the molecule is O=C(O)Nc1sc(-c2cccnc2)nc1C(F)(F)F. The number of rotatable bonds is 2. The van der Waals surface area contributed by atoms with Gasteiger partial charge in [-0.3, -0.25) is 10.3 Å². The summed E-state index contributed by atoms with van der Waals surface area (Å²) in [5, 5.41) is 9.72. The van der Waals surface area contributed by atoms with Gasteiger partial charge in [-0.15, -0.1) is 0 Å². The van der Waals surface area contributed by atoms with Crippen molar-refractivity contribution >= 4 is 22.4 Å². The Labute approximate surface area is 108 Å². The molecule has 2 rings (SSSR count). The van der Waals surface area contributed by atoms with E-state index in [4.69, 9.17) is 5.11 Å². The Hall–Kier alpha value is -2.16. The van der Waals surface area contributed by atoms with Crippen LogP contribution in [0.1, 0.15) is 5.69 Å². The minimum Gasteiger partial charge on any atom is -0.465 e. The first-order valence-electron chi connectivity index (χ1n) is 4.86. The summed E-state index contributed by atoms with van der Waals surface area (Å²) in [6.45, 7) is 0. The first kappa shape index (κ1) is 13.3. The number of nitrogens with zero attached hydrogens (tertiary/aromatic N) is 2. The maximum absolute atomic E-state index is 12.7. The van der Waals surface area contributed by atoms with E-state index >= 15 is 0 Å². The summed E-state index contributed by atoms with van der Waals surface area (Å²) in [7, 11) is 0. The van der Waals surface area contributed by atoms with Gasteiger partial charge in [0.15, 0.2) is 5.69 Å². The molecular formula is C10H6F3N3O2S. The van der Waals surface area contributed by atoms with Crippen molar-refractivity contribution in [2.45, 2.75) is 6.18 Å². The van der Waals surface area contributed by atoms with Gasteiger partial charge in [0, 0.05) is 18.0 Å². The zero-order valence-corrected chi connectivity index (χ0v) is 9.92. The minimum absolute atomic E-state index is 0.0455. The highest BCUT2D eigenvalue weighted by Crippen LogP contribution is 2.40. The third-order valence-corrected chi connectivity index (χ3v) is 3.04. The highest BCUT2D eigenvalue weighted by Gasteiger charge is 2.38. The summed E-state index contributed by atoms with van der Waals surface area (Å²) in [5.41, 5.74) is -0.866. The molecule has 0 saturated carbocycles. The molecule has 0 aliphatic heterocycles. The molecule has 2 aromatic heterocycles. The van der Waals surface area contributed by atoms with E-state index in [9.17, 15) is 18.0 Å². The molecule has 0 aromatic carbocycles. The lowest BCUT2D eigenvalue weighted by atomic mass is 10.3. The highest BCUT2D eigenvalue weighted by molar-refractivity contribution is 7.19. The quantitative estimate of drug-likeness (QED) is 0.889. The molecule has 0 unspecified atom stereocenters. The Balaban J connectivity index is 2.49. The van der Waals surface area contributed by atoms with E-state index in [1.165, 1.54) is 18.5 Å². The number of hydrogen-bond donors (Lipinski definition) is 2. The molecule has 19 heavy (non-hydrogen) atoms. The van der Waals surface area contributed by atoms with E-state index in [1.54, 1.807) is 11.4 Å². The molecule has 0 aliphatic carbocycles. The number of carboxylic acid groups (broad SMARTS) is 1. The molecule has 2 aromatic rings. The maximum Gasteiger partial charge on any atom is 0.436 e. The van der Waals surface area contributed by atoms with E-state index in [1.807, 2.05) is 0 Å². The molecule has 0 aliphatic rings. The number of pyridine rings is 1. The van der Waals surface area contributed by atoms with Gasteiger partial charge in [0.1, 0.15) is 10.0 Å². The van der Waals surface area contributed by atoms with Gasteiger partial charge in [0.2, 0.25) is 0 Å². The summed E-state index contributed by atoms with van der Waals surface area (Å²) in [5.74, 6) is 0.